The lowest BCUT2D eigenvalue weighted by Crippen LogP contribution is -2.41. The highest BCUT2D eigenvalue weighted by atomic mass is 16.3. The molecule has 27 heavy (non-hydrogen) atoms. The average molecular weight is 376 g/mol. The number of phenols is 1. The van der Waals surface area contributed by atoms with E-state index in [0.29, 0.717) is 18.0 Å². The van der Waals surface area contributed by atoms with Gasteiger partial charge in [0.2, 0.25) is 0 Å². The van der Waals surface area contributed by atoms with Gasteiger partial charge >= 0.3 is 6.03 Å². The molecule has 0 spiro atoms. The van der Waals surface area contributed by atoms with Crippen molar-refractivity contribution >= 4 is 6.03 Å². The standard InChI is InChI=1S/C21H33N3O3/c25-19-7-3-4-17(14-19)20(26)15-23-21(27)22-11-8-16-9-12-24(13-10-16)18-5-1-2-6-18/h3-4,7,14,16,18,20,25-26H,1-2,5-6,8-13,15H2,(H2,22,23,27)/t20-/m0/s1. The molecule has 2 amide bonds. The molecule has 1 saturated heterocycles. The van der Waals surface area contributed by atoms with Crippen molar-refractivity contribution in [2.45, 2.75) is 57.1 Å². The summed E-state index contributed by atoms with van der Waals surface area (Å²) in [6.45, 7) is 3.20. The van der Waals surface area contributed by atoms with E-state index in [-0.39, 0.29) is 18.3 Å². The number of aliphatic hydroxyl groups excluding tert-OH is 1. The quantitative estimate of drug-likeness (QED) is 0.590. The molecule has 1 aliphatic heterocycles. The van der Waals surface area contributed by atoms with Gasteiger partial charge in [0.25, 0.3) is 0 Å². The number of hydrogen-bond donors (Lipinski definition) is 4. The van der Waals surface area contributed by atoms with Crippen LogP contribution in [0.5, 0.6) is 5.75 Å². The number of aromatic hydroxyl groups is 1. The minimum atomic E-state index is -0.831. The SMILES string of the molecule is O=C(NCCC1CCN(C2CCCC2)CC1)NC[C@H](O)c1cccc(O)c1. The highest BCUT2D eigenvalue weighted by Gasteiger charge is 2.26. The summed E-state index contributed by atoms with van der Waals surface area (Å²) >= 11 is 0. The van der Waals surface area contributed by atoms with E-state index in [1.165, 1.54) is 57.7 Å². The van der Waals surface area contributed by atoms with Crippen LogP contribution in [0.1, 0.15) is 56.6 Å². The van der Waals surface area contributed by atoms with Crippen LogP contribution in [0.15, 0.2) is 24.3 Å². The van der Waals surface area contributed by atoms with Crippen LogP contribution < -0.4 is 10.6 Å². The lowest BCUT2D eigenvalue weighted by atomic mass is 9.92. The van der Waals surface area contributed by atoms with Gasteiger partial charge in [0, 0.05) is 19.1 Å². The van der Waals surface area contributed by atoms with Crippen LogP contribution in [0.2, 0.25) is 0 Å². The summed E-state index contributed by atoms with van der Waals surface area (Å²) in [5.41, 5.74) is 0.587. The number of urea groups is 1. The first kappa shape index (κ1) is 20.0. The highest BCUT2D eigenvalue weighted by Crippen LogP contribution is 2.28. The second kappa shape index (κ2) is 9.95. The molecule has 6 heteroatoms. The fourth-order valence-corrected chi connectivity index (χ4v) is 4.37. The van der Waals surface area contributed by atoms with Gasteiger partial charge in [-0.05, 0) is 68.8 Å². The summed E-state index contributed by atoms with van der Waals surface area (Å²) < 4.78 is 0. The number of phenolic OH excluding ortho intramolecular Hbond substituents is 1. The van der Waals surface area contributed by atoms with Crippen LogP contribution in [-0.4, -0.2) is 53.4 Å². The normalized spacial score (nSPS) is 20.5. The number of amides is 2. The Labute approximate surface area is 162 Å². The Bertz CT molecular complexity index is 596. The van der Waals surface area contributed by atoms with Crippen LogP contribution in [0, 0.1) is 5.92 Å². The number of nitrogens with zero attached hydrogens (tertiary/aromatic N) is 1. The van der Waals surface area contributed by atoms with Crippen molar-refractivity contribution in [1.82, 2.24) is 15.5 Å². The van der Waals surface area contributed by atoms with Gasteiger partial charge in [-0.3, -0.25) is 0 Å². The van der Waals surface area contributed by atoms with Crippen molar-refractivity contribution in [2.24, 2.45) is 5.92 Å². The third-order valence-electron chi connectivity index (χ3n) is 6.04. The average Bonchev–Trinajstić information content (AvgIpc) is 3.21. The number of rotatable bonds is 7. The molecule has 0 bridgehead atoms. The molecule has 2 fully saturated rings. The number of hydrogen-bond acceptors (Lipinski definition) is 4. The number of likely N-dealkylation sites (tertiary alicyclic amines) is 1. The van der Waals surface area contributed by atoms with Crippen molar-refractivity contribution in [3.8, 4) is 5.75 Å². The number of carbonyl (C=O) groups is 1. The van der Waals surface area contributed by atoms with Crippen LogP contribution in [0.3, 0.4) is 0 Å². The molecule has 1 heterocycles. The van der Waals surface area contributed by atoms with Gasteiger partial charge in [0.1, 0.15) is 5.75 Å². The zero-order chi connectivity index (χ0) is 19.1. The van der Waals surface area contributed by atoms with E-state index >= 15 is 0 Å². The molecular formula is C21H33N3O3. The smallest absolute Gasteiger partial charge is 0.314 e. The van der Waals surface area contributed by atoms with Gasteiger partial charge in [0.05, 0.1) is 6.10 Å². The van der Waals surface area contributed by atoms with Crippen molar-refractivity contribution in [1.29, 1.82) is 0 Å². The number of carbonyl (C=O) groups excluding carboxylic acids is 1. The Morgan fingerprint density at radius 3 is 2.59 bits per heavy atom. The molecule has 1 aliphatic carbocycles. The van der Waals surface area contributed by atoms with Crippen molar-refractivity contribution < 1.29 is 15.0 Å². The summed E-state index contributed by atoms with van der Waals surface area (Å²) in [6, 6.07) is 7.02. The van der Waals surface area contributed by atoms with Gasteiger partial charge in [-0.15, -0.1) is 0 Å². The molecule has 2 aliphatic rings. The maximum absolute atomic E-state index is 11.9. The first-order valence-electron chi connectivity index (χ1n) is 10.3. The third-order valence-corrected chi connectivity index (χ3v) is 6.04. The zero-order valence-electron chi connectivity index (χ0n) is 16.1. The lowest BCUT2D eigenvalue weighted by Gasteiger charge is -2.36. The predicted octanol–water partition coefficient (Wildman–Crippen LogP) is 2.77. The first-order chi connectivity index (χ1) is 13.1. The van der Waals surface area contributed by atoms with Crippen LogP contribution >= 0.6 is 0 Å². The van der Waals surface area contributed by atoms with E-state index in [1.54, 1.807) is 18.2 Å². The van der Waals surface area contributed by atoms with Crippen molar-refractivity contribution in [3.63, 3.8) is 0 Å². The van der Waals surface area contributed by atoms with Gasteiger partial charge in [0.15, 0.2) is 0 Å². The molecule has 0 radical (unpaired) electrons. The van der Waals surface area contributed by atoms with Gasteiger partial charge in [-0.2, -0.15) is 0 Å². The van der Waals surface area contributed by atoms with E-state index in [0.717, 1.165) is 12.5 Å². The van der Waals surface area contributed by atoms with Crippen molar-refractivity contribution in [2.75, 3.05) is 26.2 Å². The Morgan fingerprint density at radius 2 is 1.89 bits per heavy atom. The second-order valence-electron chi connectivity index (χ2n) is 7.95. The third kappa shape index (κ3) is 6.11. The molecule has 0 aromatic heterocycles. The minimum Gasteiger partial charge on any atom is -0.508 e. The minimum absolute atomic E-state index is 0.106. The van der Waals surface area contributed by atoms with Crippen LogP contribution in [0.4, 0.5) is 4.79 Å². The lowest BCUT2D eigenvalue weighted by molar-refractivity contribution is 0.131. The van der Waals surface area contributed by atoms with Gasteiger partial charge in [-0.25, -0.2) is 4.79 Å². The molecule has 1 atom stereocenters. The second-order valence-corrected chi connectivity index (χ2v) is 7.95. The summed E-state index contributed by atoms with van der Waals surface area (Å²) in [4.78, 5) is 14.6. The fraction of sp³-hybridized carbons (Fsp3) is 0.667. The number of benzene rings is 1. The largest absolute Gasteiger partial charge is 0.508 e. The van der Waals surface area contributed by atoms with E-state index in [1.807, 2.05) is 0 Å². The Morgan fingerprint density at radius 1 is 1.15 bits per heavy atom. The summed E-state index contributed by atoms with van der Waals surface area (Å²) in [5.74, 6) is 0.802. The van der Waals surface area contributed by atoms with Crippen molar-refractivity contribution in [3.05, 3.63) is 29.8 Å². The molecular weight excluding hydrogens is 342 g/mol. The van der Waals surface area contributed by atoms with Gasteiger partial charge in [-0.1, -0.05) is 25.0 Å². The Kier molecular flexibility index (Phi) is 7.35. The van der Waals surface area contributed by atoms with Crippen LogP contribution in [0.25, 0.3) is 0 Å². The van der Waals surface area contributed by atoms with Crippen LogP contribution in [-0.2, 0) is 0 Å². The molecule has 3 rings (SSSR count). The highest BCUT2D eigenvalue weighted by molar-refractivity contribution is 5.73. The molecule has 1 aromatic rings. The number of nitrogens with one attached hydrogen (secondary N) is 2. The maximum Gasteiger partial charge on any atom is 0.314 e. The first-order valence-corrected chi connectivity index (χ1v) is 10.3. The fourth-order valence-electron chi connectivity index (χ4n) is 4.37. The van der Waals surface area contributed by atoms with E-state index in [2.05, 4.69) is 15.5 Å². The zero-order valence-corrected chi connectivity index (χ0v) is 16.1. The van der Waals surface area contributed by atoms with E-state index in [4.69, 9.17) is 0 Å². The van der Waals surface area contributed by atoms with Gasteiger partial charge < -0.3 is 25.7 Å². The number of piperidine rings is 1. The number of aliphatic hydroxyl groups is 1. The molecule has 6 nitrogen and oxygen atoms in total. The molecule has 1 saturated carbocycles. The summed E-state index contributed by atoms with van der Waals surface area (Å²) in [7, 11) is 0. The summed E-state index contributed by atoms with van der Waals surface area (Å²) in [6.07, 6.45) is 8.19. The topological polar surface area (TPSA) is 84.8 Å². The molecule has 1 aromatic carbocycles. The summed E-state index contributed by atoms with van der Waals surface area (Å²) in [5, 5.41) is 25.1. The Balaban J connectivity index is 1.27. The monoisotopic (exact) mass is 375 g/mol. The molecule has 150 valence electrons. The Hall–Kier alpha value is -1.79. The maximum atomic E-state index is 11.9. The van der Waals surface area contributed by atoms with E-state index < -0.39 is 6.10 Å². The molecule has 0 unspecified atom stereocenters. The van der Waals surface area contributed by atoms with E-state index in [9.17, 15) is 15.0 Å². The molecule has 4 N–H and O–H groups in total. The predicted molar refractivity (Wildman–Crippen MR) is 106 cm³/mol.